The highest BCUT2D eigenvalue weighted by molar-refractivity contribution is 5.85. The number of hydrogen-bond acceptors (Lipinski definition) is 4. The molecular formula is C18H15N3O4. The number of carboxylic acids is 1. The van der Waals surface area contributed by atoms with Crippen LogP contribution in [0.15, 0.2) is 66.9 Å². The highest BCUT2D eigenvalue weighted by Crippen LogP contribution is 2.15. The number of nitrogens with zero attached hydrogens (tertiary/aromatic N) is 2. The summed E-state index contributed by atoms with van der Waals surface area (Å²) in [6, 6.07) is 17.6. The number of aromatic carboxylic acids is 1. The highest BCUT2D eigenvalue weighted by Gasteiger charge is 2.09. The van der Waals surface area contributed by atoms with Crippen molar-refractivity contribution in [2.45, 2.75) is 6.61 Å². The van der Waals surface area contributed by atoms with Crippen LogP contribution in [0.3, 0.4) is 0 Å². The van der Waals surface area contributed by atoms with Crippen molar-refractivity contribution in [3.63, 3.8) is 0 Å². The molecule has 7 nitrogen and oxygen atoms in total. The summed E-state index contributed by atoms with van der Waals surface area (Å²) in [6.07, 6.45) is 0.962. The predicted octanol–water partition coefficient (Wildman–Crippen LogP) is 3.32. The first-order valence-corrected chi connectivity index (χ1v) is 7.49. The van der Waals surface area contributed by atoms with Gasteiger partial charge in [0.05, 0.1) is 5.69 Å². The van der Waals surface area contributed by atoms with Gasteiger partial charge in [-0.2, -0.15) is 5.10 Å². The fraction of sp³-hybridized carbons (Fsp3) is 0.0556. The van der Waals surface area contributed by atoms with Crippen LogP contribution >= 0.6 is 0 Å². The number of amides is 1. The monoisotopic (exact) mass is 337 g/mol. The standard InChI is InChI=1S/C18H15N3O4/c22-17(23)16-9-10-21(20-16)15-8-4-7-14(11-15)19-18(24)25-12-13-5-2-1-3-6-13/h1-11H,12H2,(H,19,24)(H,22,23). The van der Waals surface area contributed by atoms with Gasteiger partial charge < -0.3 is 9.84 Å². The molecule has 0 aliphatic rings. The summed E-state index contributed by atoms with van der Waals surface area (Å²) in [5, 5.41) is 15.5. The lowest BCUT2D eigenvalue weighted by Gasteiger charge is -2.08. The van der Waals surface area contributed by atoms with Crippen molar-refractivity contribution in [2.75, 3.05) is 5.32 Å². The number of nitrogens with one attached hydrogen (secondary N) is 1. The van der Waals surface area contributed by atoms with E-state index in [9.17, 15) is 9.59 Å². The molecule has 3 aromatic rings. The number of benzene rings is 2. The molecule has 3 rings (SSSR count). The molecule has 0 saturated carbocycles. The third kappa shape index (κ3) is 4.23. The van der Waals surface area contributed by atoms with Crippen LogP contribution < -0.4 is 5.32 Å². The van der Waals surface area contributed by atoms with Crippen molar-refractivity contribution in [2.24, 2.45) is 0 Å². The fourth-order valence-corrected chi connectivity index (χ4v) is 2.19. The molecule has 0 saturated heterocycles. The number of hydrogen-bond donors (Lipinski definition) is 2. The maximum Gasteiger partial charge on any atom is 0.411 e. The van der Waals surface area contributed by atoms with Gasteiger partial charge in [0.15, 0.2) is 5.69 Å². The van der Waals surface area contributed by atoms with Crippen LogP contribution in [0.1, 0.15) is 16.1 Å². The first kappa shape index (κ1) is 16.3. The zero-order valence-electron chi connectivity index (χ0n) is 13.1. The van der Waals surface area contributed by atoms with Crippen LogP contribution in [0.5, 0.6) is 0 Å². The molecule has 0 aliphatic heterocycles. The molecule has 126 valence electrons. The van der Waals surface area contributed by atoms with Gasteiger partial charge in [-0.1, -0.05) is 36.4 Å². The zero-order chi connectivity index (χ0) is 17.6. The van der Waals surface area contributed by atoms with Crippen molar-refractivity contribution in [1.29, 1.82) is 0 Å². The Labute approximate surface area is 143 Å². The molecule has 2 aromatic carbocycles. The third-order valence-electron chi connectivity index (χ3n) is 3.38. The van der Waals surface area contributed by atoms with Crippen LogP contribution in [0.25, 0.3) is 5.69 Å². The average molecular weight is 337 g/mol. The number of ether oxygens (including phenoxy) is 1. The molecule has 7 heteroatoms. The van der Waals surface area contributed by atoms with Crippen molar-refractivity contribution in [1.82, 2.24) is 9.78 Å². The van der Waals surface area contributed by atoms with Gasteiger partial charge in [0.25, 0.3) is 0 Å². The number of aromatic nitrogens is 2. The van der Waals surface area contributed by atoms with E-state index in [0.717, 1.165) is 5.56 Å². The number of carbonyl (C=O) groups excluding carboxylic acids is 1. The lowest BCUT2D eigenvalue weighted by molar-refractivity contribution is 0.0690. The second-order valence-corrected chi connectivity index (χ2v) is 5.19. The molecule has 2 N–H and O–H groups in total. The van der Waals surface area contributed by atoms with Gasteiger partial charge >= 0.3 is 12.1 Å². The Kier molecular flexibility index (Phi) is 4.75. The van der Waals surface area contributed by atoms with E-state index >= 15 is 0 Å². The van der Waals surface area contributed by atoms with Crippen molar-refractivity contribution in [3.8, 4) is 5.69 Å². The van der Waals surface area contributed by atoms with Crippen molar-refractivity contribution < 1.29 is 19.4 Å². The van der Waals surface area contributed by atoms with Crippen LogP contribution in [0.2, 0.25) is 0 Å². The predicted molar refractivity (Wildman–Crippen MR) is 90.8 cm³/mol. The summed E-state index contributed by atoms with van der Waals surface area (Å²) in [4.78, 5) is 22.8. The Morgan fingerprint density at radius 1 is 1.08 bits per heavy atom. The van der Waals surface area contributed by atoms with Gasteiger partial charge in [-0.3, -0.25) is 5.32 Å². The maximum absolute atomic E-state index is 11.9. The Morgan fingerprint density at radius 2 is 1.88 bits per heavy atom. The molecule has 0 fully saturated rings. The molecule has 0 radical (unpaired) electrons. The van der Waals surface area contributed by atoms with Gasteiger partial charge in [-0.25, -0.2) is 14.3 Å². The lowest BCUT2D eigenvalue weighted by Crippen LogP contribution is -2.13. The highest BCUT2D eigenvalue weighted by atomic mass is 16.5. The Morgan fingerprint density at radius 3 is 2.60 bits per heavy atom. The van der Waals surface area contributed by atoms with Gasteiger partial charge in [-0.05, 0) is 29.8 Å². The van der Waals surface area contributed by atoms with E-state index < -0.39 is 12.1 Å². The number of carboxylic acid groups (broad SMARTS) is 1. The molecule has 1 heterocycles. The molecule has 0 aliphatic carbocycles. The Hall–Kier alpha value is -3.61. The second kappa shape index (κ2) is 7.31. The first-order chi connectivity index (χ1) is 12.1. The minimum Gasteiger partial charge on any atom is -0.476 e. The van der Waals surface area contributed by atoms with E-state index in [-0.39, 0.29) is 12.3 Å². The first-order valence-electron chi connectivity index (χ1n) is 7.49. The van der Waals surface area contributed by atoms with Gasteiger partial charge in [0, 0.05) is 11.9 Å². The largest absolute Gasteiger partial charge is 0.476 e. The van der Waals surface area contributed by atoms with E-state index in [4.69, 9.17) is 9.84 Å². The van der Waals surface area contributed by atoms with E-state index in [0.29, 0.717) is 11.4 Å². The van der Waals surface area contributed by atoms with Crippen LogP contribution in [-0.4, -0.2) is 26.9 Å². The number of anilines is 1. The Bertz CT molecular complexity index is 890. The summed E-state index contributed by atoms with van der Waals surface area (Å²) in [5.41, 5.74) is 1.97. The van der Waals surface area contributed by atoms with Gasteiger partial charge in [-0.15, -0.1) is 0 Å². The third-order valence-corrected chi connectivity index (χ3v) is 3.38. The fourth-order valence-electron chi connectivity index (χ4n) is 2.19. The maximum atomic E-state index is 11.9. The molecule has 1 aromatic heterocycles. The summed E-state index contributed by atoms with van der Waals surface area (Å²) < 4.78 is 6.58. The lowest BCUT2D eigenvalue weighted by atomic mass is 10.2. The van der Waals surface area contributed by atoms with Crippen LogP contribution in [-0.2, 0) is 11.3 Å². The molecule has 1 amide bonds. The van der Waals surface area contributed by atoms with Crippen LogP contribution in [0, 0.1) is 0 Å². The summed E-state index contributed by atoms with van der Waals surface area (Å²) in [5.74, 6) is -1.10. The van der Waals surface area contributed by atoms with E-state index in [1.807, 2.05) is 30.3 Å². The van der Waals surface area contributed by atoms with Crippen LogP contribution in [0.4, 0.5) is 10.5 Å². The minimum absolute atomic E-state index is 0.0550. The molecule has 0 atom stereocenters. The van der Waals surface area contributed by atoms with E-state index in [1.165, 1.54) is 16.9 Å². The number of carbonyl (C=O) groups is 2. The molecule has 25 heavy (non-hydrogen) atoms. The topological polar surface area (TPSA) is 93.5 Å². The Balaban J connectivity index is 1.64. The number of rotatable bonds is 5. The van der Waals surface area contributed by atoms with Crippen molar-refractivity contribution >= 4 is 17.7 Å². The smallest absolute Gasteiger partial charge is 0.411 e. The molecule has 0 spiro atoms. The zero-order valence-corrected chi connectivity index (χ0v) is 13.1. The summed E-state index contributed by atoms with van der Waals surface area (Å²) in [7, 11) is 0. The summed E-state index contributed by atoms with van der Waals surface area (Å²) in [6.45, 7) is 0.174. The second-order valence-electron chi connectivity index (χ2n) is 5.19. The van der Waals surface area contributed by atoms with Crippen molar-refractivity contribution in [3.05, 3.63) is 78.1 Å². The minimum atomic E-state index is -1.10. The van der Waals surface area contributed by atoms with E-state index in [1.54, 1.807) is 24.3 Å². The van der Waals surface area contributed by atoms with E-state index in [2.05, 4.69) is 10.4 Å². The molecule has 0 unspecified atom stereocenters. The normalized spacial score (nSPS) is 10.2. The van der Waals surface area contributed by atoms with Gasteiger partial charge in [0.2, 0.25) is 0 Å². The van der Waals surface area contributed by atoms with Gasteiger partial charge in [0.1, 0.15) is 6.61 Å². The molecule has 0 bridgehead atoms. The average Bonchev–Trinajstić information content (AvgIpc) is 3.12. The SMILES string of the molecule is O=C(Nc1cccc(-n2ccc(C(=O)O)n2)c1)OCc1ccccc1. The summed E-state index contributed by atoms with van der Waals surface area (Å²) >= 11 is 0. The quantitative estimate of drug-likeness (QED) is 0.745. The molecular weight excluding hydrogens is 322 g/mol.